The van der Waals surface area contributed by atoms with Crippen LogP contribution < -0.4 is 15.7 Å². The Kier molecular flexibility index (Phi) is 9.55. The van der Waals surface area contributed by atoms with Crippen molar-refractivity contribution in [3.8, 4) is 0 Å². The van der Waals surface area contributed by atoms with E-state index in [9.17, 15) is 14.0 Å². The fourth-order valence-electron chi connectivity index (χ4n) is 6.36. The smallest absolute Gasteiger partial charge is 0.338 e. The molecule has 0 unspecified atom stereocenters. The molecule has 1 saturated heterocycles. The molecule has 1 N–H and O–H groups in total. The molecule has 1 aliphatic rings. The first-order valence-corrected chi connectivity index (χ1v) is 17.2. The summed E-state index contributed by atoms with van der Waals surface area (Å²) in [5, 5.41) is 4.04. The largest absolute Gasteiger partial charge is 0.456 e. The molecule has 0 atom stereocenters. The fourth-order valence-corrected chi connectivity index (χ4v) is 6.36. The third-order valence-corrected chi connectivity index (χ3v) is 8.93. The normalized spacial score (nSPS) is 14.2. The number of fused-ring (bicyclic) bond motifs is 2. The zero-order valence-electron chi connectivity index (χ0n) is 29.0. The molecule has 262 valence electrons. The highest BCUT2D eigenvalue weighted by atomic mass is 19.1. The lowest BCUT2D eigenvalue weighted by molar-refractivity contribution is 0.00696. The Balaban J connectivity index is 1.10. The first-order valence-electron chi connectivity index (χ1n) is 17.2. The monoisotopic (exact) mass is 688 g/mol. The Morgan fingerprint density at radius 3 is 2.33 bits per heavy atom. The van der Waals surface area contributed by atoms with Crippen LogP contribution in [0.3, 0.4) is 0 Å². The average molecular weight is 689 g/mol. The van der Waals surface area contributed by atoms with Gasteiger partial charge in [-0.3, -0.25) is 9.69 Å². The number of hydrogen-bond acceptors (Lipinski definition) is 8. The van der Waals surface area contributed by atoms with Crippen LogP contribution >= 0.6 is 0 Å². The summed E-state index contributed by atoms with van der Waals surface area (Å²) < 4.78 is 22.6. The van der Waals surface area contributed by atoms with E-state index in [2.05, 4.69) is 14.8 Å². The van der Waals surface area contributed by atoms with Crippen LogP contribution in [0.2, 0.25) is 0 Å². The lowest BCUT2D eigenvalue weighted by Crippen LogP contribution is -2.41. The van der Waals surface area contributed by atoms with Crippen LogP contribution in [0.15, 0.2) is 102 Å². The van der Waals surface area contributed by atoms with E-state index in [0.29, 0.717) is 35.4 Å². The van der Waals surface area contributed by atoms with Crippen molar-refractivity contribution >= 4 is 33.9 Å². The van der Waals surface area contributed by atoms with E-state index in [1.807, 2.05) is 75.4 Å². The lowest BCUT2D eigenvalue weighted by atomic mass is 10.1. The van der Waals surface area contributed by atoms with E-state index in [0.717, 1.165) is 54.0 Å². The third kappa shape index (κ3) is 7.94. The highest BCUT2D eigenvalue weighted by molar-refractivity contribution is 5.94. The second-order valence-corrected chi connectivity index (χ2v) is 14.0. The van der Waals surface area contributed by atoms with Crippen LogP contribution in [0.4, 0.5) is 10.3 Å². The highest BCUT2D eigenvalue weighted by Gasteiger charge is 2.25. The van der Waals surface area contributed by atoms with E-state index in [1.165, 1.54) is 16.9 Å². The van der Waals surface area contributed by atoms with E-state index in [4.69, 9.17) is 19.5 Å². The molecule has 2 aromatic heterocycles. The number of rotatable bonds is 10. The summed E-state index contributed by atoms with van der Waals surface area (Å²) in [4.78, 5) is 44.9. The maximum absolute atomic E-state index is 13.9. The molecule has 7 rings (SSSR count). The van der Waals surface area contributed by atoms with Crippen molar-refractivity contribution in [2.24, 2.45) is 0 Å². The predicted octanol–water partition coefficient (Wildman–Crippen LogP) is 6.59. The first kappa shape index (κ1) is 33.9. The summed E-state index contributed by atoms with van der Waals surface area (Å²) in [6, 6.07) is 29.2. The van der Waals surface area contributed by atoms with Gasteiger partial charge < -0.3 is 19.5 Å². The van der Waals surface area contributed by atoms with Crippen molar-refractivity contribution in [1.82, 2.24) is 24.2 Å². The van der Waals surface area contributed by atoms with Crippen molar-refractivity contribution in [1.29, 1.82) is 0 Å². The quantitative estimate of drug-likeness (QED) is 0.161. The van der Waals surface area contributed by atoms with E-state index >= 15 is 0 Å². The van der Waals surface area contributed by atoms with Crippen LogP contribution in [0.5, 0.6) is 0 Å². The summed E-state index contributed by atoms with van der Waals surface area (Å²) in [5.41, 5.74) is 3.56. The van der Waals surface area contributed by atoms with E-state index in [-0.39, 0.29) is 24.0 Å². The molecule has 0 radical (unpaired) electrons. The molecule has 0 bridgehead atoms. The van der Waals surface area contributed by atoms with Crippen molar-refractivity contribution in [3.05, 3.63) is 136 Å². The topological polar surface area (TPSA) is 104 Å². The van der Waals surface area contributed by atoms with Crippen molar-refractivity contribution in [3.63, 3.8) is 0 Å². The van der Waals surface area contributed by atoms with Crippen LogP contribution in [0.1, 0.15) is 60.9 Å². The van der Waals surface area contributed by atoms with Crippen LogP contribution in [0, 0.1) is 5.82 Å². The Bertz CT molecular complexity index is 2220. The Morgan fingerprint density at radius 2 is 1.59 bits per heavy atom. The number of benzene rings is 4. The number of para-hydroxylation sites is 2. The zero-order chi connectivity index (χ0) is 35.5. The predicted molar refractivity (Wildman–Crippen MR) is 195 cm³/mol. The Labute approximate surface area is 295 Å². The van der Waals surface area contributed by atoms with E-state index in [1.54, 1.807) is 30.3 Å². The van der Waals surface area contributed by atoms with Gasteiger partial charge in [-0.1, -0.05) is 54.6 Å². The van der Waals surface area contributed by atoms with Gasteiger partial charge in [0.1, 0.15) is 18.0 Å². The third-order valence-electron chi connectivity index (χ3n) is 8.93. The SMILES string of the molecule is CC(C)(C)OC(=O)c1ccc2c(=O)n(OCc3ccccc3)c(CN3CCC(Nc4nc5ccccc5n4Cc4ccc(F)cc4)CC3)nc2c1. The molecule has 6 aromatic rings. The number of ether oxygens (including phenoxy) is 1. The number of anilines is 1. The number of hydrogen-bond donors (Lipinski definition) is 1. The molecule has 0 amide bonds. The molecule has 3 heterocycles. The molecule has 51 heavy (non-hydrogen) atoms. The minimum atomic E-state index is -0.657. The molecule has 4 aromatic carbocycles. The first-order chi connectivity index (χ1) is 24.6. The molecule has 11 heteroatoms. The number of imidazole rings is 1. The maximum Gasteiger partial charge on any atom is 0.338 e. The number of piperidine rings is 1. The van der Waals surface area contributed by atoms with Gasteiger partial charge in [-0.25, -0.2) is 19.2 Å². The Hall–Kier alpha value is -5.55. The summed E-state index contributed by atoms with van der Waals surface area (Å²) >= 11 is 0. The van der Waals surface area contributed by atoms with Gasteiger partial charge in [-0.05, 0) is 87.2 Å². The van der Waals surface area contributed by atoms with Gasteiger partial charge >= 0.3 is 5.97 Å². The van der Waals surface area contributed by atoms with Gasteiger partial charge in [-0.15, -0.1) is 4.73 Å². The molecular formula is C40H41FN6O4. The molecule has 0 saturated carbocycles. The molecule has 1 fully saturated rings. The summed E-state index contributed by atoms with van der Waals surface area (Å²) in [7, 11) is 0. The van der Waals surface area contributed by atoms with E-state index < -0.39 is 11.6 Å². The fraction of sp³-hybridized carbons (Fsp3) is 0.300. The van der Waals surface area contributed by atoms with Gasteiger partial charge in [-0.2, -0.15) is 0 Å². The van der Waals surface area contributed by atoms with Crippen molar-refractivity contribution < 1.29 is 18.8 Å². The van der Waals surface area contributed by atoms with Crippen molar-refractivity contribution in [2.75, 3.05) is 18.4 Å². The molecule has 0 spiro atoms. The standard InChI is InChI=1S/C40H41FN6O4/c1-40(2,3)51-38(49)29-15-18-32-34(23-29)43-36(47(37(32)48)50-26-28-9-5-4-6-10-28)25-45-21-19-31(20-22-45)42-39-44-33-11-7-8-12-35(33)46(39)24-27-13-16-30(41)17-14-27/h4-18,23,31H,19-22,24-26H2,1-3H3,(H,42,44). The Morgan fingerprint density at radius 1 is 0.863 bits per heavy atom. The van der Waals surface area contributed by atoms with Gasteiger partial charge in [0, 0.05) is 19.1 Å². The maximum atomic E-state index is 13.9. The number of carbonyl (C=O) groups is 1. The number of aromatic nitrogens is 4. The number of nitrogens with one attached hydrogen (secondary N) is 1. The minimum Gasteiger partial charge on any atom is -0.456 e. The van der Waals surface area contributed by atoms with Gasteiger partial charge in [0.2, 0.25) is 5.95 Å². The highest BCUT2D eigenvalue weighted by Crippen LogP contribution is 2.25. The van der Waals surface area contributed by atoms with Gasteiger partial charge in [0.05, 0.1) is 40.6 Å². The zero-order valence-corrected chi connectivity index (χ0v) is 29.0. The number of likely N-dealkylation sites (tertiary alicyclic amines) is 1. The molecule has 0 aliphatic carbocycles. The van der Waals surface area contributed by atoms with Crippen LogP contribution in [-0.4, -0.2) is 54.9 Å². The molecule has 1 aliphatic heterocycles. The summed E-state index contributed by atoms with van der Waals surface area (Å²) in [5.74, 6) is 0.498. The second kappa shape index (κ2) is 14.4. The van der Waals surface area contributed by atoms with Crippen molar-refractivity contribution in [2.45, 2.75) is 65.0 Å². The second-order valence-electron chi connectivity index (χ2n) is 14.0. The van der Waals surface area contributed by atoms with Crippen LogP contribution in [-0.2, 0) is 24.4 Å². The molecular weight excluding hydrogens is 647 g/mol. The number of nitrogens with zero attached hydrogens (tertiary/aromatic N) is 5. The van der Waals surface area contributed by atoms with Crippen LogP contribution in [0.25, 0.3) is 21.9 Å². The number of halogens is 1. The lowest BCUT2D eigenvalue weighted by Gasteiger charge is -2.32. The summed E-state index contributed by atoms with van der Waals surface area (Å²) in [6.45, 7) is 8.08. The van der Waals surface area contributed by atoms with Gasteiger partial charge in [0.25, 0.3) is 5.56 Å². The molecule has 10 nitrogen and oxygen atoms in total. The number of esters is 1. The number of carbonyl (C=O) groups excluding carboxylic acids is 1. The minimum absolute atomic E-state index is 0.169. The summed E-state index contributed by atoms with van der Waals surface area (Å²) in [6.07, 6.45) is 1.68. The van der Waals surface area contributed by atoms with Gasteiger partial charge in [0.15, 0.2) is 5.82 Å². The average Bonchev–Trinajstić information content (AvgIpc) is 3.45.